The topological polar surface area (TPSA) is 103 Å². The molecule has 0 heterocycles. The number of benzene rings is 3. The van der Waals surface area contributed by atoms with Crippen LogP contribution in [0.25, 0.3) is 10.8 Å². The van der Waals surface area contributed by atoms with Crippen LogP contribution in [0.15, 0.2) is 60.7 Å². The molecule has 0 fully saturated rings. The van der Waals surface area contributed by atoms with Gasteiger partial charge in [-0.1, -0.05) is 42.5 Å². The van der Waals surface area contributed by atoms with E-state index in [-0.39, 0.29) is 18.1 Å². The summed E-state index contributed by atoms with van der Waals surface area (Å²) in [6, 6.07) is 19.0. The molecule has 2 N–H and O–H groups in total. The third-order valence-corrected chi connectivity index (χ3v) is 6.48. The van der Waals surface area contributed by atoms with E-state index in [1.54, 1.807) is 27.9 Å². The molecule has 0 bridgehead atoms. The van der Waals surface area contributed by atoms with Crippen LogP contribution in [0.5, 0.6) is 11.5 Å². The molecule has 0 saturated heterocycles. The molecule has 0 aromatic heterocycles. The number of rotatable bonds is 13. The summed E-state index contributed by atoms with van der Waals surface area (Å²) >= 11 is 0. The average molecular weight is 549 g/mol. The molecule has 3 aromatic rings. The van der Waals surface area contributed by atoms with Crippen molar-refractivity contribution >= 4 is 28.6 Å². The molecule has 0 spiro atoms. The Balaban J connectivity index is 1.68. The molecule has 0 radical (unpaired) electrons. The van der Waals surface area contributed by atoms with Crippen LogP contribution in [-0.2, 0) is 16.1 Å². The predicted molar refractivity (Wildman–Crippen MR) is 156 cm³/mol. The van der Waals surface area contributed by atoms with Crippen LogP contribution < -0.4 is 20.1 Å². The first-order valence-electron chi connectivity index (χ1n) is 13.6. The van der Waals surface area contributed by atoms with Crippen molar-refractivity contribution in [1.82, 2.24) is 10.6 Å². The maximum absolute atomic E-state index is 13.4. The van der Waals surface area contributed by atoms with E-state index in [1.165, 1.54) is 7.11 Å². The third-order valence-electron chi connectivity index (χ3n) is 6.48. The zero-order chi connectivity index (χ0) is 29.1. The molecule has 0 aliphatic heterocycles. The number of methoxy groups -OCH3 is 2. The number of alkyl carbamates (subject to hydrolysis) is 1. The summed E-state index contributed by atoms with van der Waals surface area (Å²) in [6.45, 7) is 6.18. The number of amides is 2. The van der Waals surface area contributed by atoms with Crippen molar-refractivity contribution in [3.63, 3.8) is 0 Å². The van der Waals surface area contributed by atoms with Gasteiger partial charge >= 0.3 is 6.09 Å². The second-order valence-electron chi connectivity index (χ2n) is 10.7. The molecule has 40 heavy (non-hydrogen) atoms. The minimum atomic E-state index is -0.584. The Morgan fingerprint density at radius 1 is 0.850 bits per heavy atom. The van der Waals surface area contributed by atoms with Gasteiger partial charge in [0.2, 0.25) is 5.91 Å². The lowest BCUT2D eigenvalue weighted by atomic mass is 9.92. The van der Waals surface area contributed by atoms with Crippen LogP contribution in [0.1, 0.15) is 62.4 Å². The second-order valence-corrected chi connectivity index (χ2v) is 10.7. The van der Waals surface area contributed by atoms with Crippen molar-refractivity contribution in [3.8, 4) is 11.5 Å². The van der Waals surface area contributed by atoms with Crippen molar-refractivity contribution in [3.05, 3.63) is 71.8 Å². The fourth-order valence-corrected chi connectivity index (χ4v) is 4.47. The van der Waals surface area contributed by atoms with Crippen molar-refractivity contribution in [1.29, 1.82) is 0 Å². The van der Waals surface area contributed by atoms with Crippen LogP contribution in [-0.4, -0.2) is 44.1 Å². The lowest BCUT2D eigenvalue weighted by Crippen LogP contribution is -2.34. The van der Waals surface area contributed by atoms with E-state index in [0.717, 1.165) is 16.3 Å². The van der Waals surface area contributed by atoms with Gasteiger partial charge in [-0.05, 0) is 69.2 Å². The summed E-state index contributed by atoms with van der Waals surface area (Å²) < 4.78 is 16.3. The molecule has 8 nitrogen and oxygen atoms in total. The number of hydrogen-bond acceptors (Lipinski definition) is 6. The van der Waals surface area contributed by atoms with Gasteiger partial charge in [0.15, 0.2) is 5.78 Å². The molecule has 3 rings (SSSR count). The maximum Gasteiger partial charge on any atom is 0.407 e. The van der Waals surface area contributed by atoms with Gasteiger partial charge < -0.3 is 24.8 Å². The zero-order valence-corrected chi connectivity index (χ0v) is 24.0. The van der Waals surface area contributed by atoms with Gasteiger partial charge in [0, 0.05) is 30.8 Å². The Hall–Kier alpha value is -4.07. The Morgan fingerprint density at radius 3 is 2.25 bits per heavy atom. The highest BCUT2D eigenvalue weighted by Gasteiger charge is 2.22. The molecule has 1 atom stereocenters. The van der Waals surface area contributed by atoms with E-state index in [2.05, 4.69) is 10.6 Å². The van der Waals surface area contributed by atoms with E-state index in [4.69, 9.17) is 14.2 Å². The zero-order valence-electron chi connectivity index (χ0n) is 24.0. The maximum atomic E-state index is 13.4. The minimum absolute atomic E-state index is 0.102. The summed E-state index contributed by atoms with van der Waals surface area (Å²) in [5.74, 6) is 0.539. The van der Waals surface area contributed by atoms with Crippen LogP contribution in [0.2, 0.25) is 0 Å². The average Bonchev–Trinajstić information content (AvgIpc) is 2.93. The smallest absolute Gasteiger partial charge is 0.407 e. The van der Waals surface area contributed by atoms with Crippen molar-refractivity contribution < 1.29 is 28.6 Å². The number of Topliss-reactive ketones (excluding diaryl/α,β-unsaturated/α-hetero) is 1. The van der Waals surface area contributed by atoms with Gasteiger partial charge in [-0.15, -0.1) is 0 Å². The molecule has 214 valence electrons. The van der Waals surface area contributed by atoms with Gasteiger partial charge in [0.1, 0.15) is 17.1 Å². The SMILES string of the molecule is COc1cc2c(OC)cccc2cc1C(=O)CC[C@@H](CCCNC(=O)OC(C)(C)C)C(=O)NCc1ccccc1. The first-order chi connectivity index (χ1) is 19.1. The van der Waals surface area contributed by atoms with Gasteiger partial charge in [0.25, 0.3) is 0 Å². The van der Waals surface area contributed by atoms with E-state index in [9.17, 15) is 14.4 Å². The molecular formula is C32H40N2O6. The highest BCUT2D eigenvalue weighted by molar-refractivity contribution is 6.04. The minimum Gasteiger partial charge on any atom is -0.496 e. The molecule has 2 amide bonds. The number of carbonyl (C=O) groups excluding carboxylic acids is 3. The highest BCUT2D eigenvalue weighted by Crippen LogP contribution is 2.33. The van der Waals surface area contributed by atoms with Gasteiger partial charge in [-0.3, -0.25) is 9.59 Å². The van der Waals surface area contributed by atoms with Crippen molar-refractivity contribution in [2.75, 3.05) is 20.8 Å². The van der Waals surface area contributed by atoms with E-state index in [0.29, 0.717) is 49.4 Å². The number of ether oxygens (including phenoxy) is 3. The van der Waals surface area contributed by atoms with E-state index < -0.39 is 17.6 Å². The van der Waals surface area contributed by atoms with Gasteiger partial charge in [-0.2, -0.15) is 0 Å². The van der Waals surface area contributed by atoms with Crippen molar-refractivity contribution in [2.45, 2.75) is 58.6 Å². The number of nitrogens with one attached hydrogen (secondary N) is 2. The summed E-state index contributed by atoms with van der Waals surface area (Å²) in [6.07, 6.45) is 1.12. The monoisotopic (exact) mass is 548 g/mol. The third kappa shape index (κ3) is 9.00. The molecule has 0 unspecified atom stereocenters. The molecular weight excluding hydrogens is 508 g/mol. The van der Waals surface area contributed by atoms with E-state index in [1.807, 2.05) is 60.7 Å². The fourth-order valence-electron chi connectivity index (χ4n) is 4.47. The lowest BCUT2D eigenvalue weighted by molar-refractivity contribution is -0.125. The normalized spacial score (nSPS) is 11.9. The van der Waals surface area contributed by atoms with Gasteiger partial charge in [-0.25, -0.2) is 4.79 Å². The van der Waals surface area contributed by atoms with Crippen LogP contribution in [0.3, 0.4) is 0 Å². The number of fused-ring (bicyclic) bond motifs is 1. The Morgan fingerprint density at radius 2 is 1.57 bits per heavy atom. The van der Waals surface area contributed by atoms with Crippen LogP contribution in [0, 0.1) is 5.92 Å². The largest absolute Gasteiger partial charge is 0.496 e. The van der Waals surface area contributed by atoms with Crippen LogP contribution in [0.4, 0.5) is 4.79 Å². The fraction of sp³-hybridized carbons (Fsp3) is 0.406. The van der Waals surface area contributed by atoms with Crippen molar-refractivity contribution in [2.24, 2.45) is 5.92 Å². The van der Waals surface area contributed by atoms with E-state index >= 15 is 0 Å². The molecule has 0 saturated carbocycles. The second kappa shape index (κ2) is 14.4. The predicted octanol–water partition coefficient (Wildman–Crippen LogP) is 6.06. The standard InChI is InChI=1S/C32H40N2O6/c1-32(2,3)40-31(37)33-18-10-14-23(30(36)34-21-22-11-7-6-8-12-22)16-17-27(35)26-19-24-13-9-15-28(38-4)25(24)20-29(26)39-5/h6-9,11-13,15,19-20,23H,10,14,16-18,21H2,1-5H3,(H,33,37)(H,34,36)/t23-/m1/s1. The summed E-state index contributed by atoms with van der Waals surface area (Å²) in [5, 5.41) is 7.46. The Kier molecular flexibility index (Phi) is 10.9. The van der Waals surface area contributed by atoms with Gasteiger partial charge in [0.05, 0.1) is 19.8 Å². The summed E-state index contributed by atoms with van der Waals surface area (Å²) in [7, 11) is 3.14. The molecule has 0 aliphatic carbocycles. The number of carbonyl (C=O) groups is 3. The molecule has 3 aromatic carbocycles. The highest BCUT2D eigenvalue weighted by atomic mass is 16.6. The molecule has 0 aliphatic rings. The quantitative estimate of drug-likeness (QED) is 0.199. The Labute approximate surface area is 236 Å². The Bertz CT molecular complexity index is 1300. The lowest BCUT2D eigenvalue weighted by Gasteiger charge is -2.20. The summed E-state index contributed by atoms with van der Waals surface area (Å²) in [5.41, 5.74) is 0.881. The molecule has 8 heteroatoms. The first kappa shape index (κ1) is 30.5. The van der Waals surface area contributed by atoms with Crippen LogP contribution >= 0.6 is 0 Å². The summed E-state index contributed by atoms with van der Waals surface area (Å²) in [4.78, 5) is 38.5. The number of hydrogen-bond donors (Lipinski definition) is 2. The number of ketones is 1. The first-order valence-corrected chi connectivity index (χ1v) is 13.6.